The molecule has 0 aromatic heterocycles. The quantitative estimate of drug-likeness (QED) is 0.204. The van der Waals surface area contributed by atoms with Crippen molar-refractivity contribution in [3.05, 3.63) is 57.6 Å². The van der Waals surface area contributed by atoms with Crippen LogP contribution in [0.1, 0.15) is 123 Å². The Balaban J connectivity index is 0.00000784. The Morgan fingerprint density at radius 2 is 0.944 bits per heavy atom. The van der Waals surface area contributed by atoms with Gasteiger partial charge >= 0.3 is 11.9 Å². The van der Waals surface area contributed by atoms with E-state index in [9.17, 15) is 19.8 Å². The van der Waals surface area contributed by atoms with Gasteiger partial charge in [0.25, 0.3) is 0 Å². The Morgan fingerprint density at radius 1 is 0.630 bits per heavy atom. The number of esters is 2. The third-order valence-electron chi connectivity index (χ3n) is 10.2. The van der Waals surface area contributed by atoms with E-state index >= 15 is 0 Å². The molecule has 2 aromatic rings. The first kappa shape index (κ1) is 45.2. The van der Waals surface area contributed by atoms with Crippen LogP contribution in [0.2, 0.25) is 0 Å². The average Bonchev–Trinajstić information content (AvgIpc) is 3.06. The number of carbonyl (C=O) groups is 2. The van der Waals surface area contributed by atoms with Gasteiger partial charge in [-0.3, -0.25) is 9.59 Å². The first-order chi connectivity index (χ1) is 24.4. The van der Waals surface area contributed by atoms with Gasteiger partial charge in [-0.15, -0.1) is 0 Å². The summed E-state index contributed by atoms with van der Waals surface area (Å²) < 4.78 is 36.1. The molecular weight excluding hydrogens is 688 g/mol. The molecule has 4 rings (SSSR count). The number of hydrogen-bond acceptors (Lipinski definition) is 10. The standard InChI is InChI=1S/C43H64O10.CH4/c1-27-17-29(19-31(35(27)46)39(3,4)5)13-15-33(44)48-21-41(9,10)37-50-23-43(24-51-37)25-52-38(53-26-43)42(11,12)22-49-34(45)16-14-30-18-28(2)36(47)32(20-30)40(6,7)8;/h17-20,37-38,46-47H,13-16,21-26H2,1-12H3;1H4. The van der Waals surface area contributed by atoms with Gasteiger partial charge in [0.2, 0.25) is 0 Å². The third-order valence-corrected chi connectivity index (χ3v) is 10.2. The van der Waals surface area contributed by atoms with Gasteiger partial charge in [-0.25, -0.2) is 0 Å². The lowest BCUT2D eigenvalue weighted by atomic mass is 9.83. The molecule has 0 bridgehead atoms. The normalized spacial score (nSPS) is 21.0. The highest BCUT2D eigenvalue weighted by molar-refractivity contribution is 5.70. The van der Waals surface area contributed by atoms with E-state index in [0.717, 1.165) is 33.4 Å². The summed E-state index contributed by atoms with van der Waals surface area (Å²) >= 11 is 0. The smallest absolute Gasteiger partial charge is 0.306 e. The summed E-state index contributed by atoms with van der Waals surface area (Å²) in [5.41, 5.74) is 3.20. The molecule has 0 unspecified atom stereocenters. The van der Waals surface area contributed by atoms with Gasteiger partial charge in [0.1, 0.15) is 24.7 Å². The van der Waals surface area contributed by atoms with Crippen LogP contribution in [0.15, 0.2) is 24.3 Å². The summed E-state index contributed by atoms with van der Waals surface area (Å²) in [5.74, 6) is 0.00206. The van der Waals surface area contributed by atoms with Crippen LogP contribution < -0.4 is 0 Å². The van der Waals surface area contributed by atoms with E-state index < -0.39 is 28.8 Å². The van der Waals surface area contributed by atoms with Crippen molar-refractivity contribution in [3.63, 3.8) is 0 Å². The van der Waals surface area contributed by atoms with Crippen molar-refractivity contribution >= 4 is 11.9 Å². The van der Waals surface area contributed by atoms with Crippen LogP contribution in [-0.2, 0) is 61.7 Å². The summed E-state index contributed by atoms with van der Waals surface area (Å²) in [6, 6.07) is 7.79. The number of carbonyl (C=O) groups excluding carboxylic acids is 2. The number of rotatable bonds is 12. The maximum atomic E-state index is 12.7. The minimum atomic E-state index is -0.591. The number of phenols is 2. The van der Waals surface area contributed by atoms with E-state index in [-0.39, 0.29) is 56.3 Å². The molecule has 2 fully saturated rings. The molecule has 2 heterocycles. The fourth-order valence-electron chi connectivity index (χ4n) is 6.71. The van der Waals surface area contributed by atoms with E-state index in [1.54, 1.807) is 0 Å². The fourth-order valence-corrected chi connectivity index (χ4v) is 6.71. The molecular formula is C44H68O10. The second-order valence-electron chi connectivity index (χ2n) is 18.8. The summed E-state index contributed by atoms with van der Waals surface area (Å²) in [7, 11) is 0. The summed E-state index contributed by atoms with van der Waals surface area (Å²) in [5, 5.41) is 21.0. The monoisotopic (exact) mass is 756 g/mol. The van der Waals surface area contributed by atoms with Crippen molar-refractivity contribution in [3.8, 4) is 11.5 Å². The van der Waals surface area contributed by atoms with Gasteiger partial charge < -0.3 is 38.6 Å². The van der Waals surface area contributed by atoms with Crippen LogP contribution in [0, 0.1) is 30.1 Å². The molecule has 54 heavy (non-hydrogen) atoms. The topological polar surface area (TPSA) is 130 Å². The van der Waals surface area contributed by atoms with E-state index in [1.165, 1.54) is 0 Å². The Kier molecular flexibility index (Phi) is 14.5. The highest BCUT2D eigenvalue weighted by atomic mass is 16.7. The van der Waals surface area contributed by atoms with Crippen LogP contribution in [-0.4, -0.2) is 74.4 Å². The molecule has 0 atom stereocenters. The van der Waals surface area contributed by atoms with E-state index in [4.69, 9.17) is 28.4 Å². The van der Waals surface area contributed by atoms with E-state index in [1.807, 2.05) is 65.8 Å². The highest BCUT2D eigenvalue weighted by Gasteiger charge is 2.48. The fraction of sp³-hybridized carbons (Fsp3) is 0.682. The first-order valence-electron chi connectivity index (χ1n) is 18.9. The van der Waals surface area contributed by atoms with Crippen molar-refractivity contribution in [2.45, 2.75) is 140 Å². The summed E-state index contributed by atoms with van der Waals surface area (Å²) in [6.07, 6.45) is 0.332. The van der Waals surface area contributed by atoms with Crippen LogP contribution in [0.3, 0.4) is 0 Å². The maximum absolute atomic E-state index is 12.7. The van der Waals surface area contributed by atoms with E-state index in [0.29, 0.717) is 50.8 Å². The number of aryl methyl sites for hydroxylation is 4. The second-order valence-corrected chi connectivity index (χ2v) is 18.8. The zero-order valence-corrected chi connectivity index (χ0v) is 34.2. The van der Waals surface area contributed by atoms with Gasteiger partial charge in [0, 0.05) is 23.7 Å². The molecule has 0 amide bonds. The summed E-state index contributed by atoms with van der Waals surface area (Å²) in [4.78, 5) is 25.5. The zero-order valence-electron chi connectivity index (χ0n) is 34.2. The minimum absolute atomic E-state index is 0. The lowest BCUT2D eigenvalue weighted by Gasteiger charge is -2.48. The van der Waals surface area contributed by atoms with E-state index in [2.05, 4.69) is 41.5 Å². The SMILES string of the molecule is C.Cc1cc(CCC(=O)OCC(C)(C)C2OCC3(CO2)COC(C(C)(C)COC(=O)CCc2cc(C)c(O)c(C(C)(C)C)c2)OC3)cc(C(C)(C)C)c1O. The summed E-state index contributed by atoms with van der Waals surface area (Å²) in [6.45, 7) is 25.6. The van der Waals surface area contributed by atoms with Gasteiger partial charge in [-0.1, -0.05) is 101 Å². The molecule has 2 N–H and O–H groups in total. The highest BCUT2D eigenvalue weighted by Crippen LogP contribution is 2.39. The molecule has 10 nitrogen and oxygen atoms in total. The molecule has 10 heteroatoms. The Labute approximate surface area is 324 Å². The van der Waals surface area contributed by atoms with Crippen molar-refractivity contribution in [2.24, 2.45) is 16.2 Å². The molecule has 0 aliphatic carbocycles. The maximum Gasteiger partial charge on any atom is 0.306 e. The average molecular weight is 757 g/mol. The van der Waals surface area contributed by atoms with Gasteiger partial charge in [0.15, 0.2) is 12.6 Å². The van der Waals surface area contributed by atoms with Crippen molar-refractivity contribution in [1.29, 1.82) is 0 Å². The van der Waals surface area contributed by atoms with Crippen LogP contribution in [0.25, 0.3) is 0 Å². The predicted molar refractivity (Wildman–Crippen MR) is 210 cm³/mol. The number of hydrogen-bond donors (Lipinski definition) is 2. The molecule has 2 saturated heterocycles. The Bertz CT molecular complexity index is 1470. The van der Waals surface area contributed by atoms with Gasteiger partial charge in [-0.2, -0.15) is 0 Å². The molecule has 304 valence electrons. The first-order valence-corrected chi connectivity index (χ1v) is 18.9. The Hall–Kier alpha value is -3.18. The minimum Gasteiger partial charge on any atom is -0.507 e. The lowest BCUT2D eigenvalue weighted by molar-refractivity contribution is -0.337. The van der Waals surface area contributed by atoms with Crippen molar-refractivity contribution in [2.75, 3.05) is 39.6 Å². The number of phenolic OH excluding ortho intramolecular Hbond substituents is 2. The van der Waals surface area contributed by atoms with Crippen LogP contribution in [0.4, 0.5) is 0 Å². The predicted octanol–water partition coefficient (Wildman–Crippen LogP) is 8.38. The second kappa shape index (κ2) is 17.3. The third kappa shape index (κ3) is 11.4. The van der Waals surface area contributed by atoms with Crippen LogP contribution >= 0.6 is 0 Å². The number of ether oxygens (including phenoxy) is 6. The van der Waals surface area contributed by atoms with Gasteiger partial charge in [0.05, 0.1) is 31.8 Å². The lowest BCUT2D eigenvalue weighted by Crippen LogP contribution is -2.57. The largest absolute Gasteiger partial charge is 0.507 e. The molecule has 0 saturated carbocycles. The number of aromatic hydroxyl groups is 2. The molecule has 2 aliphatic rings. The van der Waals surface area contributed by atoms with Crippen molar-refractivity contribution in [1.82, 2.24) is 0 Å². The Morgan fingerprint density at radius 3 is 1.24 bits per heavy atom. The van der Waals surface area contributed by atoms with Gasteiger partial charge in [-0.05, 0) is 70.9 Å². The number of benzene rings is 2. The molecule has 2 aromatic carbocycles. The molecule has 0 radical (unpaired) electrons. The van der Waals surface area contributed by atoms with Crippen molar-refractivity contribution < 1.29 is 48.2 Å². The zero-order chi connectivity index (χ0) is 39.6. The molecule has 2 aliphatic heterocycles. The van der Waals surface area contributed by atoms with Crippen LogP contribution in [0.5, 0.6) is 11.5 Å². The molecule has 1 spiro atoms.